The lowest BCUT2D eigenvalue weighted by Crippen LogP contribution is -2.60. The van der Waals surface area contributed by atoms with E-state index in [1.807, 2.05) is 19.9 Å². The minimum Gasteiger partial charge on any atom is -0.336 e. The molecular weight excluding hydrogens is 518 g/mol. The molecule has 1 aromatic carbocycles. The van der Waals surface area contributed by atoms with E-state index in [9.17, 15) is 37.2 Å². The summed E-state index contributed by atoms with van der Waals surface area (Å²) in [5.41, 5.74) is -0.987. The van der Waals surface area contributed by atoms with Crippen molar-refractivity contribution < 1.29 is 31.9 Å². The molecule has 0 aliphatic carbocycles. The molecule has 2 N–H and O–H groups in total. The molecule has 1 aromatic heterocycles. The Bertz CT molecular complexity index is 1290. The standard InChI is InChI=1S/C27H31F4N5O3/c1-14(2)16-9-10-36(24(38)22(26(3,4)5)35-25(39)27(29,30)31)21(16)23(37)34-19(11-32)17-13-33-12-15-7-6-8-18(28)20(15)17/h6-8,12-14,16,19,21-22H,9-10H2,1-5H3,(H,34,37)(H,35,39)/t16-,19?,21+,22-/m1/s1. The number of carbonyl (C=O) groups is 3. The van der Waals surface area contributed by atoms with Crippen molar-refractivity contribution in [2.75, 3.05) is 6.54 Å². The monoisotopic (exact) mass is 549 g/mol. The van der Waals surface area contributed by atoms with Gasteiger partial charge in [-0.1, -0.05) is 46.8 Å². The fraction of sp³-hybridized carbons (Fsp3) is 0.519. The Morgan fingerprint density at radius 2 is 1.79 bits per heavy atom. The van der Waals surface area contributed by atoms with Crippen molar-refractivity contribution in [2.24, 2.45) is 17.3 Å². The number of hydrogen-bond donors (Lipinski definition) is 2. The number of amides is 3. The molecule has 3 rings (SSSR count). The van der Waals surface area contributed by atoms with Gasteiger partial charge in [-0.2, -0.15) is 18.4 Å². The minimum atomic E-state index is -5.20. The van der Waals surface area contributed by atoms with Gasteiger partial charge in [-0.15, -0.1) is 0 Å². The molecule has 39 heavy (non-hydrogen) atoms. The second-order valence-electron chi connectivity index (χ2n) is 11.1. The van der Waals surface area contributed by atoms with E-state index in [4.69, 9.17) is 0 Å². The van der Waals surface area contributed by atoms with Crippen LogP contribution >= 0.6 is 0 Å². The molecule has 0 radical (unpaired) electrons. The van der Waals surface area contributed by atoms with Crippen molar-refractivity contribution in [3.63, 3.8) is 0 Å². The Kier molecular flexibility index (Phi) is 8.53. The summed E-state index contributed by atoms with van der Waals surface area (Å²) in [6.45, 7) is 8.27. The maximum atomic E-state index is 14.7. The van der Waals surface area contributed by atoms with Crippen LogP contribution in [0.2, 0.25) is 0 Å². The number of hydrogen-bond acceptors (Lipinski definition) is 5. The Balaban J connectivity index is 1.96. The van der Waals surface area contributed by atoms with Crippen LogP contribution in [0.5, 0.6) is 0 Å². The van der Waals surface area contributed by atoms with Crippen LogP contribution in [0.3, 0.4) is 0 Å². The number of carbonyl (C=O) groups excluding carboxylic acids is 3. The lowest BCUT2D eigenvalue weighted by Gasteiger charge is -2.37. The molecule has 4 atom stereocenters. The van der Waals surface area contributed by atoms with Crippen LogP contribution in [0.4, 0.5) is 17.6 Å². The SMILES string of the molecule is CC(C)[C@H]1CCN(C(=O)[C@@H](NC(=O)C(F)(F)F)C(C)(C)C)[C@@H]1C(=O)NC(C#N)c1cncc2cccc(F)c12. The zero-order chi connectivity index (χ0) is 29.3. The molecule has 1 unspecified atom stereocenters. The predicted octanol–water partition coefficient (Wildman–Crippen LogP) is 4.02. The highest BCUT2D eigenvalue weighted by Gasteiger charge is 2.49. The van der Waals surface area contributed by atoms with Crippen LogP contribution < -0.4 is 10.6 Å². The first kappa shape index (κ1) is 29.8. The Morgan fingerprint density at radius 1 is 1.13 bits per heavy atom. The summed E-state index contributed by atoms with van der Waals surface area (Å²) in [5, 5.41) is 14.8. The van der Waals surface area contributed by atoms with Gasteiger partial charge >= 0.3 is 12.1 Å². The molecule has 8 nitrogen and oxygen atoms in total. The molecule has 0 spiro atoms. The molecule has 0 saturated carbocycles. The molecule has 12 heteroatoms. The molecule has 2 aromatic rings. The fourth-order valence-electron chi connectivity index (χ4n) is 4.97. The first-order valence-electron chi connectivity index (χ1n) is 12.5. The molecule has 3 amide bonds. The van der Waals surface area contributed by atoms with Crippen molar-refractivity contribution in [3.8, 4) is 6.07 Å². The van der Waals surface area contributed by atoms with Crippen molar-refractivity contribution in [2.45, 2.75) is 65.3 Å². The van der Waals surface area contributed by atoms with Crippen LogP contribution in [-0.2, 0) is 14.4 Å². The third kappa shape index (κ3) is 6.29. The van der Waals surface area contributed by atoms with Gasteiger partial charge in [0.15, 0.2) is 0 Å². The molecule has 1 aliphatic rings. The lowest BCUT2D eigenvalue weighted by molar-refractivity contribution is -0.176. The first-order valence-corrected chi connectivity index (χ1v) is 12.5. The molecule has 2 heterocycles. The van der Waals surface area contributed by atoms with Crippen molar-refractivity contribution >= 4 is 28.5 Å². The summed E-state index contributed by atoms with van der Waals surface area (Å²) in [4.78, 5) is 44.2. The number of nitrogens with one attached hydrogen (secondary N) is 2. The normalized spacial score (nSPS) is 19.5. The average molecular weight is 550 g/mol. The van der Waals surface area contributed by atoms with E-state index in [0.29, 0.717) is 11.8 Å². The number of likely N-dealkylation sites (tertiary alicyclic amines) is 1. The topological polar surface area (TPSA) is 115 Å². The van der Waals surface area contributed by atoms with Gasteiger partial charge in [-0.25, -0.2) is 4.39 Å². The quantitative estimate of drug-likeness (QED) is 0.529. The largest absolute Gasteiger partial charge is 0.471 e. The smallest absolute Gasteiger partial charge is 0.336 e. The highest BCUT2D eigenvalue weighted by molar-refractivity contribution is 5.95. The third-order valence-electron chi connectivity index (χ3n) is 6.99. The molecule has 1 saturated heterocycles. The summed E-state index contributed by atoms with van der Waals surface area (Å²) in [5.74, 6) is -4.90. The van der Waals surface area contributed by atoms with Gasteiger partial charge in [0.25, 0.3) is 0 Å². The van der Waals surface area contributed by atoms with Crippen LogP contribution in [0.1, 0.15) is 52.6 Å². The maximum absolute atomic E-state index is 14.7. The van der Waals surface area contributed by atoms with Crippen LogP contribution in [0.25, 0.3) is 10.8 Å². The number of benzene rings is 1. The Hall–Kier alpha value is -3.75. The molecule has 0 bridgehead atoms. The second kappa shape index (κ2) is 11.2. The summed E-state index contributed by atoms with van der Waals surface area (Å²) < 4.78 is 53.8. The molecule has 1 fully saturated rings. The van der Waals surface area contributed by atoms with E-state index in [0.717, 1.165) is 0 Å². The third-order valence-corrected chi connectivity index (χ3v) is 6.99. The number of aromatic nitrogens is 1. The Labute approximate surface area is 223 Å². The maximum Gasteiger partial charge on any atom is 0.471 e. The zero-order valence-electron chi connectivity index (χ0n) is 22.3. The van der Waals surface area contributed by atoms with E-state index in [1.165, 1.54) is 50.2 Å². The number of pyridine rings is 1. The predicted molar refractivity (Wildman–Crippen MR) is 134 cm³/mol. The fourth-order valence-corrected chi connectivity index (χ4v) is 4.97. The number of alkyl halides is 3. The van der Waals surface area contributed by atoms with Gasteiger partial charge in [-0.3, -0.25) is 19.4 Å². The molecular formula is C27H31F4N5O3. The van der Waals surface area contributed by atoms with Crippen molar-refractivity contribution in [3.05, 3.63) is 42.0 Å². The summed E-state index contributed by atoms with van der Waals surface area (Å²) in [6.07, 6.45) is -2.12. The summed E-state index contributed by atoms with van der Waals surface area (Å²) in [6, 6.07) is 2.24. The van der Waals surface area contributed by atoms with Crippen LogP contribution in [0, 0.1) is 34.4 Å². The highest BCUT2D eigenvalue weighted by atomic mass is 19.4. The van der Waals surface area contributed by atoms with Crippen molar-refractivity contribution in [1.82, 2.24) is 20.5 Å². The van der Waals surface area contributed by atoms with Crippen LogP contribution in [-0.4, -0.2) is 52.4 Å². The van der Waals surface area contributed by atoms with Gasteiger partial charge in [-0.05, 0) is 29.7 Å². The van der Waals surface area contributed by atoms with Gasteiger partial charge in [0, 0.05) is 35.3 Å². The van der Waals surface area contributed by atoms with E-state index in [-0.39, 0.29) is 29.3 Å². The average Bonchev–Trinajstić information content (AvgIpc) is 3.29. The first-order chi connectivity index (χ1) is 18.1. The second-order valence-corrected chi connectivity index (χ2v) is 11.1. The van der Waals surface area contributed by atoms with Gasteiger partial charge in [0.1, 0.15) is 23.9 Å². The van der Waals surface area contributed by atoms with Gasteiger partial charge in [0.05, 0.1) is 6.07 Å². The number of rotatable bonds is 6. The number of nitriles is 1. The van der Waals surface area contributed by atoms with E-state index in [1.54, 1.807) is 11.4 Å². The van der Waals surface area contributed by atoms with Gasteiger partial charge < -0.3 is 15.5 Å². The number of halogens is 4. The summed E-state index contributed by atoms with van der Waals surface area (Å²) >= 11 is 0. The van der Waals surface area contributed by atoms with E-state index >= 15 is 0 Å². The van der Waals surface area contributed by atoms with E-state index < -0.39 is 53.3 Å². The zero-order valence-corrected chi connectivity index (χ0v) is 22.3. The number of nitrogens with zero attached hydrogens (tertiary/aromatic N) is 3. The number of fused-ring (bicyclic) bond motifs is 1. The molecule has 1 aliphatic heterocycles. The van der Waals surface area contributed by atoms with E-state index in [2.05, 4.69) is 10.3 Å². The minimum absolute atomic E-state index is 0.0654. The summed E-state index contributed by atoms with van der Waals surface area (Å²) in [7, 11) is 0. The Morgan fingerprint density at radius 3 is 2.36 bits per heavy atom. The van der Waals surface area contributed by atoms with Gasteiger partial charge in [0.2, 0.25) is 11.8 Å². The van der Waals surface area contributed by atoms with Crippen molar-refractivity contribution in [1.29, 1.82) is 5.26 Å². The molecule has 210 valence electrons. The van der Waals surface area contributed by atoms with Crippen LogP contribution in [0.15, 0.2) is 30.6 Å². The lowest BCUT2D eigenvalue weighted by atomic mass is 9.84. The highest BCUT2D eigenvalue weighted by Crippen LogP contribution is 2.34.